The maximum atomic E-state index is 12.8. The maximum absolute atomic E-state index is 12.8. The van der Waals surface area contributed by atoms with Gasteiger partial charge in [0.05, 0.1) is 19.6 Å². The number of methoxy groups -OCH3 is 1. The second-order valence-electron chi connectivity index (χ2n) is 7.92. The van der Waals surface area contributed by atoms with Crippen LogP contribution in [0.1, 0.15) is 40.0 Å². The lowest BCUT2D eigenvalue weighted by atomic mass is 9.67. The quantitative estimate of drug-likeness (QED) is 0.588. The van der Waals surface area contributed by atoms with Gasteiger partial charge in [-0.3, -0.25) is 14.4 Å². The van der Waals surface area contributed by atoms with Crippen LogP contribution in [0.3, 0.4) is 0 Å². The fourth-order valence-electron chi connectivity index (χ4n) is 5.94. The first-order valence-corrected chi connectivity index (χ1v) is 8.60. The summed E-state index contributed by atoms with van der Waals surface area (Å²) in [5.74, 6) is -1.44. The van der Waals surface area contributed by atoms with E-state index in [4.69, 9.17) is 9.47 Å². The summed E-state index contributed by atoms with van der Waals surface area (Å²) in [4.78, 5) is 37.7. The van der Waals surface area contributed by atoms with Gasteiger partial charge in [0.25, 0.3) is 0 Å². The molecule has 0 aromatic rings. The normalized spacial score (nSPS) is 40.6. The van der Waals surface area contributed by atoms with E-state index >= 15 is 0 Å². The van der Waals surface area contributed by atoms with E-state index in [-0.39, 0.29) is 47.4 Å². The zero-order valence-corrected chi connectivity index (χ0v) is 14.3. The van der Waals surface area contributed by atoms with Gasteiger partial charge in [-0.15, -0.1) is 0 Å². The Morgan fingerprint density at radius 2 is 1.83 bits per heavy atom. The van der Waals surface area contributed by atoms with Crippen LogP contribution >= 0.6 is 0 Å². The van der Waals surface area contributed by atoms with E-state index < -0.39 is 11.9 Å². The molecule has 3 fully saturated rings. The van der Waals surface area contributed by atoms with Crippen molar-refractivity contribution in [3.8, 4) is 0 Å². The minimum Gasteiger partial charge on any atom is -0.469 e. The number of rotatable bonds is 3. The molecular weight excluding hydrogens is 296 g/mol. The minimum atomic E-state index is -0.807. The van der Waals surface area contributed by atoms with Gasteiger partial charge in [-0.05, 0) is 48.9 Å². The van der Waals surface area contributed by atoms with Crippen molar-refractivity contribution in [3.63, 3.8) is 0 Å². The Labute approximate surface area is 137 Å². The van der Waals surface area contributed by atoms with Gasteiger partial charge >= 0.3 is 11.9 Å². The molecule has 5 nitrogen and oxygen atoms in total. The average molecular weight is 322 g/mol. The SMILES string of the molecule is CCOC(=O)C1C(=O)CC(C)(C)[C@H]2[C@@H]3CC[C@H]2[C@H]1[C@H]3C(=O)OC. The summed E-state index contributed by atoms with van der Waals surface area (Å²) in [6.07, 6.45) is 2.36. The van der Waals surface area contributed by atoms with Gasteiger partial charge in [-0.25, -0.2) is 0 Å². The first kappa shape index (κ1) is 16.5. The summed E-state index contributed by atoms with van der Waals surface area (Å²) in [6, 6.07) is 0. The number of carbonyl (C=O) groups is 3. The summed E-state index contributed by atoms with van der Waals surface area (Å²) >= 11 is 0. The van der Waals surface area contributed by atoms with Gasteiger partial charge in [-0.2, -0.15) is 0 Å². The Hall–Kier alpha value is -1.39. The fourth-order valence-corrected chi connectivity index (χ4v) is 5.94. The van der Waals surface area contributed by atoms with Crippen LogP contribution in [-0.4, -0.2) is 31.4 Å². The highest BCUT2D eigenvalue weighted by Crippen LogP contribution is 2.66. The van der Waals surface area contributed by atoms with Crippen LogP contribution in [0.4, 0.5) is 0 Å². The molecule has 3 aliphatic carbocycles. The third-order valence-corrected chi connectivity index (χ3v) is 6.40. The molecule has 23 heavy (non-hydrogen) atoms. The zero-order chi connectivity index (χ0) is 16.9. The molecule has 0 aromatic carbocycles. The molecule has 0 radical (unpaired) electrons. The molecule has 0 amide bonds. The Balaban J connectivity index is 2.07. The van der Waals surface area contributed by atoms with E-state index in [1.807, 2.05) is 0 Å². The monoisotopic (exact) mass is 322 g/mol. The zero-order valence-electron chi connectivity index (χ0n) is 14.3. The van der Waals surface area contributed by atoms with Crippen molar-refractivity contribution < 1.29 is 23.9 Å². The van der Waals surface area contributed by atoms with Crippen molar-refractivity contribution in [2.75, 3.05) is 13.7 Å². The topological polar surface area (TPSA) is 69.7 Å². The molecule has 0 N–H and O–H groups in total. The van der Waals surface area contributed by atoms with E-state index in [2.05, 4.69) is 13.8 Å². The van der Waals surface area contributed by atoms with Crippen LogP contribution in [0.2, 0.25) is 0 Å². The third kappa shape index (κ3) is 2.31. The standard InChI is InChI=1S/C18H26O5/c1-5-23-17(21)14-11(19)8-18(2,3)15-9-6-7-10(15)13(12(9)14)16(20)22-4/h9-10,12-15H,5-8H2,1-4H3/t9-,10+,12-,13-,14?,15+/m0/s1. The smallest absolute Gasteiger partial charge is 0.316 e. The summed E-state index contributed by atoms with van der Waals surface area (Å²) < 4.78 is 10.2. The third-order valence-electron chi connectivity index (χ3n) is 6.40. The second-order valence-corrected chi connectivity index (χ2v) is 7.92. The largest absolute Gasteiger partial charge is 0.469 e. The van der Waals surface area contributed by atoms with E-state index in [0.717, 1.165) is 12.8 Å². The highest BCUT2D eigenvalue weighted by molar-refractivity contribution is 6.00. The van der Waals surface area contributed by atoms with Gasteiger partial charge in [0, 0.05) is 6.42 Å². The molecule has 6 atom stereocenters. The highest BCUT2D eigenvalue weighted by Gasteiger charge is 2.67. The first-order valence-electron chi connectivity index (χ1n) is 8.60. The molecule has 0 saturated heterocycles. The van der Waals surface area contributed by atoms with E-state index in [1.165, 1.54) is 7.11 Å². The predicted molar refractivity (Wildman–Crippen MR) is 82.2 cm³/mol. The molecule has 4 bridgehead atoms. The second kappa shape index (κ2) is 5.60. The van der Waals surface area contributed by atoms with Crippen LogP contribution in [0, 0.1) is 40.9 Å². The Kier molecular flexibility index (Phi) is 4.01. The number of Topliss-reactive ketones (excluding diaryl/α,β-unsaturated/α-hetero) is 1. The molecule has 0 aromatic heterocycles. The van der Waals surface area contributed by atoms with E-state index in [9.17, 15) is 14.4 Å². The lowest BCUT2D eigenvalue weighted by Gasteiger charge is -2.36. The molecule has 0 heterocycles. The van der Waals surface area contributed by atoms with Gasteiger partial charge in [-0.1, -0.05) is 13.8 Å². The molecule has 0 aliphatic heterocycles. The van der Waals surface area contributed by atoms with Crippen LogP contribution in [0.25, 0.3) is 0 Å². The van der Waals surface area contributed by atoms with Crippen molar-refractivity contribution >= 4 is 17.7 Å². The number of ketones is 1. The van der Waals surface area contributed by atoms with Crippen molar-refractivity contribution in [2.45, 2.75) is 40.0 Å². The molecule has 3 aliphatic rings. The Morgan fingerprint density at radius 3 is 2.43 bits per heavy atom. The number of hydrogen-bond donors (Lipinski definition) is 0. The predicted octanol–water partition coefficient (Wildman–Crippen LogP) is 2.23. The average Bonchev–Trinajstić information content (AvgIpc) is 3.00. The van der Waals surface area contributed by atoms with Crippen molar-refractivity contribution in [3.05, 3.63) is 0 Å². The summed E-state index contributed by atoms with van der Waals surface area (Å²) in [5.41, 5.74) is -0.189. The minimum absolute atomic E-state index is 0.0693. The molecule has 0 spiro atoms. The molecule has 3 rings (SSSR count). The number of hydrogen-bond acceptors (Lipinski definition) is 5. The summed E-state index contributed by atoms with van der Waals surface area (Å²) in [7, 11) is 1.39. The van der Waals surface area contributed by atoms with Gasteiger partial charge < -0.3 is 9.47 Å². The maximum Gasteiger partial charge on any atom is 0.316 e. The Morgan fingerprint density at radius 1 is 1.17 bits per heavy atom. The Bertz CT molecular complexity index is 538. The highest BCUT2D eigenvalue weighted by atomic mass is 16.5. The molecule has 1 unspecified atom stereocenters. The van der Waals surface area contributed by atoms with Crippen LogP contribution < -0.4 is 0 Å². The summed E-state index contributed by atoms with van der Waals surface area (Å²) in [6.45, 7) is 6.19. The lowest BCUT2D eigenvalue weighted by Crippen LogP contribution is -2.43. The van der Waals surface area contributed by atoms with E-state index in [0.29, 0.717) is 12.3 Å². The van der Waals surface area contributed by atoms with Crippen molar-refractivity contribution in [2.24, 2.45) is 40.9 Å². The first-order chi connectivity index (χ1) is 10.8. The fraction of sp³-hybridized carbons (Fsp3) is 0.833. The van der Waals surface area contributed by atoms with Crippen LogP contribution in [0.15, 0.2) is 0 Å². The van der Waals surface area contributed by atoms with E-state index in [1.54, 1.807) is 6.92 Å². The van der Waals surface area contributed by atoms with Crippen LogP contribution in [-0.2, 0) is 23.9 Å². The molecule has 5 heteroatoms. The molecule has 3 saturated carbocycles. The number of ether oxygens (including phenoxy) is 2. The molecular formula is C18H26O5. The number of carbonyl (C=O) groups excluding carboxylic acids is 3. The lowest BCUT2D eigenvalue weighted by molar-refractivity contribution is -0.160. The van der Waals surface area contributed by atoms with Crippen molar-refractivity contribution in [1.82, 2.24) is 0 Å². The molecule has 128 valence electrons. The van der Waals surface area contributed by atoms with Crippen molar-refractivity contribution in [1.29, 1.82) is 0 Å². The van der Waals surface area contributed by atoms with Gasteiger partial charge in [0.1, 0.15) is 11.7 Å². The van der Waals surface area contributed by atoms with Gasteiger partial charge in [0.15, 0.2) is 0 Å². The number of esters is 2. The van der Waals surface area contributed by atoms with Crippen LogP contribution in [0.5, 0.6) is 0 Å². The summed E-state index contributed by atoms with van der Waals surface area (Å²) in [5, 5.41) is 0. The van der Waals surface area contributed by atoms with Gasteiger partial charge in [0.2, 0.25) is 0 Å².